The van der Waals surface area contributed by atoms with Crippen LogP contribution in [0.5, 0.6) is 0 Å². The van der Waals surface area contributed by atoms with Gasteiger partial charge in [-0.25, -0.2) is 0 Å². The van der Waals surface area contributed by atoms with Crippen molar-refractivity contribution in [1.29, 1.82) is 0 Å². The molecule has 0 aliphatic rings. The summed E-state index contributed by atoms with van der Waals surface area (Å²) in [5.41, 5.74) is 4.09. The predicted molar refractivity (Wildman–Crippen MR) is 90.3 cm³/mol. The van der Waals surface area contributed by atoms with Gasteiger partial charge in [0.25, 0.3) is 5.56 Å². The number of hydrogen-bond donors (Lipinski definition) is 1. The number of nitrogens with one attached hydrogen (secondary N) is 1. The van der Waals surface area contributed by atoms with Gasteiger partial charge in [-0.3, -0.25) is 14.3 Å². The van der Waals surface area contributed by atoms with Gasteiger partial charge in [0.15, 0.2) is 4.77 Å². The minimum atomic E-state index is -0.110. The molecule has 0 radical (unpaired) electrons. The smallest absolute Gasteiger partial charge is 0.262 e. The van der Waals surface area contributed by atoms with Gasteiger partial charge in [-0.05, 0) is 36.8 Å². The molecule has 3 aromatic rings. The van der Waals surface area contributed by atoms with Crippen LogP contribution in [0.3, 0.4) is 0 Å². The number of rotatable bonds is 2. The fourth-order valence-corrected chi connectivity index (χ4v) is 2.61. The molecule has 0 amide bonds. The number of aromatic nitrogens is 3. The fourth-order valence-electron chi connectivity index (χ4n) is 2.42. The topological polar surface area (TPSA) is 50.7 Å². The average molecular weight is 309 g/mol. The second-order valence-corrected chi connectivity index (χ2v) is 5.54. The third kappa shape index (κ3) is 2.51. The van der Waals surface area contributed by atoms with Crippen LogP contribution in [0.15, 0.2) is 53.6 Å². The molecule has 0 spiro atoms. The van der Waals surface area contributed by atoms with Crippen LogP contribution < -0.4 is 5.56 Å². The van der Waals surface area contributed by atoms with Gasteiger partial charge >= 0.3 is 0 Å². The molecule has 0 unspecified atom stereocenters. The summed E-state index contributed by atoms with van der Waals surface area (Å²) in [5.74, 6) is 0. The van der Waals surface area contributed by atoms with Crippen LogP contribution in [0, 0.1) is 11.7 Å². The molecule has 2 heterocycles. The molecule has 0 aliphatic carbocycles. The minimum Gasteiger partial charge on any atom is -0.331 e. The normalized spacial score (nSPS) is 10.6. The quantitative estimate of drug-likeness (QED) is 0.737. The molecule has 2 aromatic heterocycles. The van der Waals surface area contributed by atoms with E-state index in [-0.39, 0.29) is 5.56 Å². The average Bonchev–Trinajstić information content (AvgIpc) is 2.53. The van der Waals surface area contributed by atoms with E-state index in [9.17, 15) is 4.79 Å². The molecule has 22 heavy (non-hydrogen) atoms. The van der Waals surface area contributed by atoms with Crippen LogP contribution in [0.4, 0.5) is 0 Å². The molecule has 3 rings (SSSR count). The summed E-state index contributed by atoms with van der Waals surface area (Å²) in [4.78, 5) is 20.0. The van der Waals surface area contributed by atoms with E-state index in [4.69, 9.17) is 12.2 Å². The monoisotopic (exact) mass is 309 g/mol. The first-order chi connectivity index (χ1) is 10.6. The molecule has 0 aliphatic heterocycles. The lowest BCUT2D eigenvalue weighted by Gasteiger charge is -2.12. The van der Waals surface area contributed by atoms with Gasteiger partial charge in [-0.1, -0.05) is 29.8 Å². The summed E-state index contributed by atoms with van der Waals surface area (Å²) >= 11 is 5.26. The van der Waals surface area contributed by atoms with E-state index in [1.807, 2.05) is 43.3 Å². The van der Waals surface area contributed by atoms with Crippen molar-refractivity contribution in [2.75, 3.05) is 0 Å². The number of H-pyrrole nitrogens is 1. The minimum absolute atomic E-state index is 0.110. The molecule has 1 N–H and O–H groups in total. The van der Waals surface area contributed by atoms with Crippen LogP contribution in [0.25, 0.3) is 22.4 Å². The zero-order valence-corrected chi connectivity index (χ0v) is 13.1. The van der Waals surface area contributed by atoms with Gasteiger partial charge in [-0.2, -0.15) is 0 Å². The summed E-state index contributed by atoms with van der Waals surface area (Å²) in [5, 5.41) is 0. The second kappa shape index (κ2) is 5.69. The first-order valence-corrected chi connectivity index (χ1v) is 7.29. The summed E-state index contributed by atoms with van der Waals surface area (Å²) in [6, 6.07) is 11.6. The van der Waals surface area contributed by atoms with Crippen LogP contribution >= 0.6 is 12.2 Å². The van der Waals surface area contributed by atoms with E-state index >= 15 is 0 Å². The lowest BCUT2D eigenvalue weighted by molar-refractivity contribution is 0.811. The Hall–Kier alpha value is -2.53. The van der Waals surface area contributed by atoms with Crippen LogP contribution in [-0.2, 0) is 7.05 Å². The van der Waals surface area contributed by atoms with Gasteiger partial charge < -0.3 is 4.98 Å². The maximum atomic E-state index is 12.8. The molecule has 0 fully saturated rings. The number of nitrogens with zero attached hydrogens (tertiary/aromatic N) is 2. The maximum absolute atomic E-state index is 12.8. The zero-order chi connectivity index (χ0) is 15.7. The molecular formula is C17H15N3OS. The number of benzene rings is 1. The van der Waals surface area contributed by atoms with E-state index in [2.05, 4.69) is 9.97 Å². The first kappa shape index (κ1) is 14.4. The Balaban J connectivity index is 2.40. The first-order valence-electron chi connectivity index (χ1n) is 6.88. The summed E-state index contributed by atoms with van der Waals surface area (Å²) in [7, 11) is 1.68. The van der Waals surface area contributed by atoms with Crippen molar-refractivity contribution in [3.05, 3.63) is 69.5 Å². The number of aromatic amines is 1. The van der Waals surface area contributed by atoms with E-state index in [1.165, 1.54) is 4.57 Å². The van der Waals surface area contributed by atoms with Gasteiger partial charge in [0, 0.05) is 25.0 Å². The maximum Gasteiger partial charge on any atom is 0.262 e. The van der Waals surface area contributed by atoms with E-state index < -0.39 is 0 Å². The van der Waals surface area contributed by atoms with E-state index in [0.29, 0.717) is 10.3 Å². The van der Waals surface area contributed by atoms with Crippen LogP contribution in [0.1, 0.15) is 5.56 Å². The standard InChI is InChI=1S/C17H15N3OS/c1-11-4-3-5-13(10-11)14-15(12-6-8-18-9-7-12)19-17(22)20(2)16(14)21/h3-10H,1-2H3,(H,19,22). The van der Waals surface area contributed by atoms with Crippen molar-refractivity contribution in [2.24, 2.45) is 7.05 Å². The van der Waals surface area contributed by atoms with Gasteiger partial charge in [0.1, 0.15) is 0 Å². The largest absolute Gasteiger partial charge is 0.331 e. The highest BCUT2D eigenvalue weighted by Crippen LogP contribution is 2.27. The SMILES string of the molecule is Cc1cccc(-c2c(-c3ccncc3)[nH]c(=S)n(C)c2=O)c1. The highest BCUT2D eigenvalue weighted by Gasteiger charge is 2.14. The van der Waals surface area contributed by atoms with Crippen LogP contribution in [0.2, 0.25) is 0 Å². The lowest BCUT2D eigenvalue weighted by Crippen LogP contribution is -2.21. The lowest BCUT2D eigenvalue weighted by atomic mass is 10.00. The molecule has 0 bridgehead atoms. The predicted octanol–water partition coefficient (Wildman–Crippen LogP) is 3.48. The molecule has 5 heteroatoms. The molecule has 0 saturated heterocycles. The van der Waals surface area contributed by atoms with Crippen LogP contribution in [-0.4, -0.2) is 14.5 Å². The van der Waals surface area contributed by atoms with Crippen molar-refractivity contribution in [1.82, 2.24) is 14.5 Å². The van der Waals surface area contributed by atoms with Gasteiger partial charge in [0.05, 0.1) is 11.3 Å². The van der Waals surface area contributed by atoms with Crippen molar-refractivity contribution in [3.8, 4) is 22.4 Å². The van der Waals surface area contributed by atoms with Crippen molar-refractivity contribution >= 4 is 12.2 Å². The second-order valence-electron chi connectivity index (χ2n) is 5.15. The molecule has 1 aromatic carbocycles. The Morgan fingerprint density at radius 3 is 2.55 bits per heavy atom. The molecule has 0 saturated carbocycles. The molecule has 0 atom stereocenters. The van der Waals surface area contributed by atoms with Crippen molar-refractivity contribution < 1.29 is 0 Å². The Kier molecular flexibility index (Phi) is 3.73. The highest BCUT2D eigenvalue weighted by molar-refractivity contribution is 7.71. The van der Waals surface area contributed by atoms with E-state index in [1.54, 1.807) is 19.4 Å². The number of pyridine rings is 1. The third-order valence-corrected chi connectivity index (χ3v) is 3.96. The van der Waals surface area contributed by atoms with Gasteiger partial charge in [-0.15, -0.1) is 0 Å². The summed E-state index contributed by atoms with van der Waals surface area (Å²) < 4.78 is 1.85. The number of aryl methyl sites for hydroxylation is 1. The molecule has 4 nitrogen and oxygen atoms in total. The fraction of sp³-hybridized carbons (Fsp3) is 0.118. The summed E-state index contributed by atoms with van der Waals surface area (Å²) in [6.45, 7) is 2.01. The number of hydrogen-bond acceptors (Lipinski definition) is 3. The van der Waals surface area contributed by atoms with Crippen molar-refractivity contribution in [3.63, 3.8) is 0 Å². The third-order valence-electron chi connectivity index (χ3n) is 3.58. The highest BCUT2D eigenvalue weighted by atomic mass is 32.1. The Labute approximate surface area is 133 Å². The zero-order valence-electron chi connectivity index (χ0n) is 12.3. The van der Waals surface area contributed by atoms with Crippen molar-refractivity contribution in [2.45, 2.75) is 6.92 Å². The molecule has 110 valence electrons. The Bertz CT molecular complexity index is 942. The summed E-state index contributed by atoms with van der Waals surface area (Å²) in [6.07, 6.45) is 3.40. The molecular weight excluding hydrogens is 294 g/mol. The Morgan fingerprint density at radius 1 is 1.14 bits per heavy atom. The van der Waals surface area contributed by atoms with Gasteiger partial charge in [0.2, 0.25) is 0 Å². The Morgan fingerprint density at radius 2 is 1.86 bits per heavy atom. The van der Waals surface area contributed by atoms with E-state index in [0.717, 1.165) is 22.4 Å².